The van der Waals surface area contributed by atoms with E-state index < -0.39 is 0 Å². The molecule has 1 amide bonds. The number of nitrogens with zero attached hydrogens (tertiary/aromatic N) is 5. The molecule has 2 aromatic heterocycles. The Morgan fingerprint density at radius 1 is 1.09 bits per heavy atom. The molecule has 1 atom stereocenters. The van der Waals surface area contributed by atoms with E-state index in [9.17, 15) is 4.79 Å². The third-order valence-electron chi connectivity index (χ3n) is 5.98. The van der Waals surface area contributed by atoms with Crippen LogP contribution >= 0.6 is 0 Å². The molecular formula is C25H25N5O2. The highest BCUT2D eigenvalue weighted by atomic mass is 16.5. The van der Waals surface area contributed by atoms with Crippen molar-refractivity contribution in [3.05, 3.63) is 78.2 Å². The van der Waals surface area contributed by atoms with Crippen molar-refractivity contribution < 1.29 is 9.53 Å². The van der Waals surface area contributed by atoms with Crippen molar-refractivity contribution in [1.29, 1.82) is 0 Å². The first kappa shape index (κ1) is 20.2. The van der Waals surface area contributed by atoms with Crippen LogP contribution in [0.4, 0.5) is 0 Å². The number of rotatable bonds is 5. The zero-order valence-corrected chi connectivity index (χ0v) is 18.0. The van der Waals surface area contributed by atoms with Crippen LogP contribution in [0, 0.1) is 12.8 Å². The lowest BCUT2D eigenvalue weighted by Gasteiger charge is -2.32. The molecule has 1 aliphatic heterocycles. The van der Waals surface area contributed by atoms with Crippen LogP contribution in [-0.2, 0) is 0 Å². The molecule has 0 aliphatic carbocycles. The summed E-state index contributed by atoms with van der Waals surface area (Å²) in [5, 5.41) is 9.55. The van der Waals surface area contributed by atoms with Gasteiger partial charge in [-0.1, -0.05) is 29.5 Å². The molecule has 2 aromatic carbocycles. The smallest absolute Gasteiger partial charge is 0.276 e. The van der Waals surface area contributed by atoms with Crippen molar-refractivity contribution in [3.63, 3.8) is 0 Å². The maximum Gasteiger partial charge on any atom is 0.276 e. The van der Waals surface area contributed by atoms with Crippen molar-refractivity contribution in [2.75, 3.05) is 19.7 Å². The molecular weight excluding hydrogens is 402 g/mol. The van der Waals surface area contributed by atoms with Gasteiger partial charge in [-0.05, 0) is 56.2 Å². The van der Waals surface area contributed by atoms with Gasteiger partial charge in [0.05, 0.1) is 23.5 Å². The topological polar surface area (TPSA) is 73.1 Å². The molecule has 0 radical (unpaired) electrons. The number of carbonyl (C=O) groups excluding carboxylic acids is 1. The number of likely N-dealkylation sites (tertiary alicyclic amines) is 1. The number of aromatic nitrogens is 4. The summed E-state index contributed by atoms with van der Waals surface area (Å²) >= 11 is 0. The lowest BCUT2D eigenvalue weighted by molar-refractivity contribution is 0.0626. The summed E-state index contributed by atoms with van der Waals surface area (Å²) in [4.78, 5) is 19.6. The van der Waals surface area contributed by atoms with Gasteiger partial charge < -0.3 is 9.64 Å². The van der Waals surface area contributed by atoms with E-state index in [0.717, 1.165) is 47.4 Å². The van der Waals surface area contributed by atoms with Crippen LogP contribution in [-0.4, -0.2) is 50.5 Å². The molecule has 7 heteroatoms. The van der Waals surface area contributed by atoms with Crippen molar-refractivity contribution in [1.82, 2.24) is 24.9 Å². The van der Waals surface area contributed by atoms with Gasteiger partial charge in [0.1, 0.15) is 5.75 Å². The number of benzene rings is 2. The van der Waals surface area contributed by atoms with Crippen LogP contribution in [0.15, 0.2) is 66.9 Å². The zero-order chi connectivity index (χ0) is 21.9. The molecule has 32 heavy (non-hydrogen) atoms. The Kier molecular flexibility index (Phi) is 5.54. The maximum atomic E-state index is 13.3. The number of hydrogen-bond donors (Lipinski definition) is 0. The zero-order valence-electron chi connectivity index (χ0n) is 18.0. The Balaban J connectivity index is 1.33. The molecule has 0 spiro atoms. The van der Waals surface area contributed by atoms with E-state index in [0.29, 0.717) is 24.8 Å². The summed E-state index contributed by atoms with van der Waals surface area (Å²) in [6.45, 7) is 3.88. The third kappa shape index (κ3) is 3.93. The van der Waals surface area contributed by atoms with Gasteiger partial charge in [0.25, 0.3) is 5.91 Å². The van der Waals surface area contributed by atoms with E-state index in [1.165, 1.54) is 0 Å². The fourth-order valence-electron chi connectivity index (χ4n) is 4.29. The van der Waals surface area contributed by atoms with E-state index in [-0.39, 0.29) is 5.91 Å². The van der Waals surface area contributed by atoms with Crippen LogP contribution in [0.5, 0.6) is 5.75 Å². The van der Waals surface area contributed by atoms with Gasteiger partial charge in [0, 0.05) is 30.6 Å². The number of piperidine rings is 1. The van der Waals surface area contributed by atoms with E-state index in [1.54, 1.807) is 10.9 Å². The van der Waals surface area contributed by atoms with Gasteiger partial charge in [0.15, 0.2) is 5.69 Å². The van der Waals surface area contributed by atoms with Crippen molar-refractivity contribution in [2.24, 2.45) is 5.92 Å². The summed E-state index contributed by atoms with van der Waals surface area (Å²) in [6.07, 6.45) is 3.77. The first-order valence-corrected chi connectivity index (χ1v) is 10.9. The second kappa shape index (κ2) is 8.78. The molecule has 0 saturated carbocycles. The molecule has 7 nitrogen and oxygen atoms in total. The number of hydrogen-bond acceptors (Lipinski definition) is 5. The van der Waals surface area contributed by atoms with Gasteiger partial charge in [0.2, 0.25) is 0 Å². The van der Waals surface area contributed by atoms with E-state index in [4.69, 9.17) is 4.74 Å². The number of fused-ring (bicyclic) bond motifs is 1. The number of carbonyl (C=O) groups is 1. The Bertz CT molecular complexity index is 1230. The summed E-state index contributed by atoms with van der Waals surface area (Å²) < 4.78 is 7.66. The van der Waals surface area contributed by atoms with Crippen LogP contribution in [0.2, 0.25) is 0 Å². The predicted molar refractivity (Wildman–Crippen MR) is 122 cm³/mol. The summed E-state index contributed by atoms with van der Waals surface area (Å²) in [6, 6.07) is 19.6. The SMILES string of the molecule is Cc1c(C(=O)N2CCCC(COc3ccccc3)C2)nnn1-c1cccc2ncccc12. The van der Waals surface area contributed by atoms with Crippen molar-refractivity contribution in [3.8, 4) is 11.4 Å². The molecule has 1 fully saturated rings. The average Bonchev–Trinajstić information content (AvgIpc) is 3.23. The minimum Gasteiger partial charge on any atom is -0.493 e. The molecule has 5 rings (SSSR count). The number of ether oxygens (including phenoxy) is 1. The second-order valence-electron chi connectivity index (χ2n) is 8.17. The molecule has 4 aromatic rings. The molecule has 1 aliphatic rings. The van der Waals surface area contributed by atoms with E-state index in [2.05, 4.69) is 15.3 Å². The third-order valence-corrected chi connectivity index (χ3v) is 5.98. The van der Waals surface area contributed by atoms with Gasteiger partial charge in [-0.3, -0.25) is 9.78 Å². The van der Waals surface area contributed by atoms with Gasteiger partial charge >= 0.3 is 0 Å². The van der Waals surface area contributed by atoms with Crippen LogP contribution in [0.1, 0.15) is 29.0 Å². The minimum atomic E-state index is -0.0727. The van der Waals surface area contributed by atoms with Crippen LogP contribution in [0.3, 0.4) is 0 Å². The van der Waals surface area contributed by atoms with Gasteiger partial charge in [-0.25, -0.2) is 4.68 Å². The fourth-order valence-corrected chi connectivity index (χ4v) is 4.29. The molecule has 1 unspecified atom stereocenters. The van der Waals surface area contributed by atoms with Crippen LogP contribution < -0.4 is 4.74 Å². The molecule has 0 bridgehead atoms. The number of pyridine rings is 1. The summed E-state index contributed by atoms with van der Waals surface area (Å²) in [7, 11) is 0. The molecule has 162 valence electrons. The average molecular weight is 428 g/mol. The quantitative estimate of drug-likeness (QED) is 0.480. The summed E-state index contributed by atoms with van der Waals surface area (Å²) in [5.41, 5.74) is 2.88. The first-order valence-electron chi connectivity index (χ1n) is 10.9. The highest BCUT2D eigenvalue weighted by Crippen LogP contribution is 2.24. The number of para-hydroxylation sites is 1. The Morgan fingerprint density at radius 2 is 1.97 bits per heavy atom. The normalized spacial score (nSPS) is 16.3. The highest BCUT2D eigenvalue weighted by Gasteiger charge is 2.28. The monoisotopic (exact) mass is 427 g/mol. The maximum absolute atomic E-state index is 13.3. The molecule has 0 N–H and O–H groups in total. The number of amides is 1. The Morgan fingerprint density at radius 3 is 2.84 bits per heavy atom. The second-order valence-corrected chi connectivity index (χ2v) is 8.17. The highest BCUT2D eigenvalue weighted by molar-refractivity contribution is 5.94. The first-order chi connectivity index (χ1) is 15.7. The lowest BCUT2D eigenvalue weighted by Crippen LogP contribution is -2.42. The predicted octanol–water partition coefficient (Wildman–Crippen LogP) is 4.06. The Hall–Kier alpha value is -3.74. The van der Waals surface area contributed by atoms with Crippen LogP contribution in [0.25, 0.3) is 16.6 Å². The van der Waals surface area contributed by atoms with Crippen molar-refractivity contribution in [2.45, 2.75) is 19.8 Å². The molecule has 1 saturated heterocycles. The lowest BCUT2D eigenvalue weighted by atomic mass is 9.98. The largest absolute Gasteiger partial charge is 0.493 e. The standard InChI is InChI=1S/C25H25N5O2/c1-18-24(27-28-30(18)23-13-5-12-22-21(23)11-6-14-26-22)25(31)29-15-7-8-19(16-29)17-32-20-9-3-2-4-10-20/h2-6,9-14,19H,7-8,15-17H2,1H3. The van der Waals surface area contributed by atoms with Crippen molar-refractivity contribution >= 4 is 16.8 Å². The van der Waals surface area contributed by atoms with E-state index >= 15 is 0 Å². The van der Waals surface area contributed by atoms with Gasteiger partial charge in [-0.15, -0.1) is 5.10 Å². The van der Waals surface area contributed by atoms with Gasteiger partial charge in [-0.2, -0.15) is 0 Å². The molecule has 3 heterocycles. The minimum absolute atomic E-state index is 0.0727. The van der Waals surface area contributed by atoms with E-state index in [1.807, 2.05) is 72.5 Å². The Labute approximate surface area is 186 Å². The fraction of sp³-hybridized carbons (Fsp3) is 0.280. The summed E-state index contributed by atoms with van der Waals surface area (Å²) in [5.74, 6) is 1.09.